The van der Waals surface area contributed by atoms with Crippen LogP contribution in [0.25, 0.3) is 0 Å². The highest BCUT2D eigenvalue weighted by Crippen LogP contribution is 2.33. The average molecular weight is 288 g/mol. The smallest absolute Gasteiger partial charge is 0.161 e. The lowest BCUT2D eigenvalue weighted by Crippen LogP contribution is -2.01. The van der Waals surface area contributed by atoms with E-state index in [-0.39, 0.29) is 0 Å². The van der Waals surface area contributed by atoms with Crippen LogP contribution >= 0.6 is 0 Å². The molecule has 3 rings (SSSR count). The Morgan fingerprint density at radius 3 is 2.86 bits per heavy atom. The average Bonchev–Trinajstić information content (AvgIpc) is 2.77. The Balaban J connectivity index is 1.66. The molecule has 1 N–H and O–H groups in total. The van der Waals surface area contributed by atoms with Crippen LogP contribution in [0.3, 0.4) is 0 Å². The van der Waals surface area contributed by atoms with Crippen molar-refractivity contribution >= 4 is 0 Å². The molecule has 5 heteroatoms. The van der Waals surface area contributed by atoms with Crippen LogP contribution in [0, 0.1) is 0 Å². The van der Waals surface area contributed by atoms with Crippen LogP contribution < -0.4 is 9.47 Å². The molecule has 0 fully saturated rings. The van der Waals surface area contributed by atoms with Crippen molar-refractivity contribution in [1.29, 1.82) is 0 Å². The first-order valence-electron chi connectivity index (χ1n) is 7.27. The van der Waals surface area contributed by atoms with Gasteiger partial charge in [-0.15, -0.1) is 0 Å². The number of nitrogens with zero attached hydrogens (tertiary/aromatic N) is 2. The van der Waals surface area contributed by atoms with Crippen molar-refractivity contribution in [2.75, 3.05) is 13.2 Å². The second-order valence-corrected chi connectivity index (χ2v) is 5.33. The minimum atomic E-state index is -0.512. The summed E-state index contributed by atoms with van der Waals surface area (Å²) in [7, 11) is 1.89. The number of ether oxygens (including phenoxy) is 2. The van der Waals surface area contributed by atoms with Crippen molar-refractivity contribution in [2.24, 2.45) is 7.05 Å². The normalized spacial score (nSPS) is 15.5. The molecule has 0 aliphatic carbocycles. The van der Waals surface area contributed by atoms with E-state index in [0.29, 0.717) is 19.6 Å². The zero-order valence-electron chi connectivity index (χ0n) is 12.2. The largest absolute Gasteiger partial charge is 0.490 e. The van der Waals surface area contributed by atoms with Crippen molar-refractivity contribution in [1.82, 2.24) is 9.78 Å². The van der Waals surface area contributed by atoms with Crippen LogP contribution in [-0.4, -0.2) is 28.1 Å². The lowest BCUT2D eigenvalue weighted by atomic mass is 10.0. The van der Waals surface area contributed by atoms with Gasteiger partial charge in [-0.05, 0) is 36.1 Å². The van der Waals surface area contributed by atoms with Crippen molar-refractivity contribution in [3.8, 4) is 11.5 Å². The predicted molar refractivity (Wildman–Crippen MR) is 78.5 cm³/mol. The number of aryl methyl sites for hydroxylation is 2. The van der Waals surface area contributed by atoms with E-state index in [9.17, 15) is 5.11 Å². The summed E-state index contributed by atoms with van der Waals surface area (Å²) in [5, 5.41) is 14.5. The molecule has 1 aromatic carbocycles. The lowest BCUT2D eigenvalue weighted by Gasteiger charge is -2.13. The topological polar surface area (TPSA) is 56.5 Å². The van der Waals surface area contributed by atoms with Crippen LogP contribution in [0.1, 0.15) is 30.1 Å². The van der Waals surface area contributed by atoms with Gasteiger partial charge in [-0.2, -0.15) is 5.10 Å². The number of aliphatic hydroxyl groups is 1. The first-order chi connectivity index (χ1) is 10.2. The highest BCUT2D eigenvalue weighted by atomic mass is 16.5. The molecule has 0 radical (unpaired) electrons. The summed E-state index contributed by atoms with van der Waals surface area (Å²) in [6.45, 7) is 1.33. The third kappa shape index (κ3) is 3.36. The first-order valence-corrected chi connectivity index (χ1v) is 7.27. The summed E-state index contributed by atoms with van der Waals surface area (Å²) in [5.74, 6) is 1.49. The quantitative estimate of drug-likeness (QED) is 0.937. The van der Waals surface area contributed by atoms with E-state index in [4.69, 9.17) is 9.47 Å². The molecular formula is C16H20N2O3. The Labute approximate surface area is 124 Å². The van der Waals surface area contributed by atoms with Gasteiger partial charge in [0.15, 0.2) is 11.5 Å². The van der Waals surface area contributed by atoms with Gasteiger partial charge in [0.25, 0.3) is 0 Å². The number of aliphatic hydroxyl groups excluding tert-OH is 1. The third-order valence-corrected chi connectivity index (χ3v) is 3.62. The standard InChI is InChI=1S/C16H20N2O3/c1-18-11-12(10-17-18)3-5-14(19)13-4-6-15-16(9-13)21-8-2-7-20-15/h4,6,9-11,14,19H,2-3,5,7-8H2,1H3. The predicted octanol–water partition coefficient (Wildman–Crippen LogP) is 2.25. The third-order valence-electron chi connectivity index (χ3n) is 3.62. The maximum atomic E-state index is 10.3. The Hall–Kier alpha value is -2.01. The highest BCUT2D eigenvalue weighted by molar-refractivity contribution is 5.44. The van der Waals surface area contributed by atoms with E-state index in [1.54, 1.807) is 4.68 Å². The SMILES string of the molecule is Cn1cc(CCC(O)c2ccc3c(c2)OCCCO3)cn1. The van der Waals surface area contributed by atoms with Gasteiger partial charge in [-0.3, -0.25) is 4.68 Å². The molecule has 0 saturated carbocycles. The Morgan fingerprint density at radius 1 is 1.29 bits per heavy atom. The molecule has 2 heterocycles. The molecule has 21 heavy (non-hydrogen) atoms. The minimum absolute atomic E-state index is 0.512. The van der Waals surface area contributed by atoms with Crippen molar-refractivity contribution < 1.29 is 14.6 Å². The summed E-state index contributed by atoms with van der Waals surface area (Å²) in [5.41, 5.74) is 1.99. The van der Waals surface area contributed by atoms with E-state index in [1.165, 1.54) is 0 Å². The first kappa shape index (κ1) is 13.9. The van der Waals surface area contributed by atoms with Crippen LogP contribution in [0.5, 0.6) is 11.5 Å². The number of benzene rings is 1. The molecule has 0 saturated heterocycles. The summed E-state index contributed by atoms with van der Waals surface area (Å²) < 4.78 is 13.0. The Kier molecular flexibility index (Phi) is 4.10. The summed E-state index contributed by atoms with van der Waals surface area (Å²) in [4.78, 5) is 0. The maximum absolute atomic E-state index is 10.3. The molecule has 0 spiro atoms. The minimum Gasteiger partial charge on any atom is -0.490 e. The van der Waals surface area contributed by atoms with E-state index < -0.39 is 6.10 Å². The van der Waals surface area contributed by atoms with E-state index in [1.807, 2.05) is 37.6 Å². The molecule has 2 aromatic rings. The van der Waals surface area contributed by atoms with Crippen LogP contribution in [-0.2, 0) is 13.5 Å². The van der Waals surface area contributed by atoms with Crippen LogP contribution in [0.2, 0.25) is 0 Å². The molecule has 1 atom stereocenters. The number of rotatable bonds is 4. The van der Waals surface area contributed by atoms with Gasteiger partial charge in [0.2, 0.25) is 0 Å². The summed E-state index contributed by atoms with van der Waals surface area (Å²) >= 11 is 0. The van der Waals surface area contributed by atoms with E-state index >= 15 is 0 Å². The molecule has 5 nitrogen and oxygen atoms in total. The van der Waals surface area contributed by atoms with Gasteiger partial charge < -0.3 is 14.6 Å². The zero-order valence-corrected chi connectivity index (χ0v) is 12.2. The monoisotopic (exact) mass is 288 g/mol. The van der Waals surface area contributed by atoms with Crippen LogP contribution in [0.4, 0.5) is 0 Å². The van der Waals surface area contributed by atoms with E-state index in [0.717, 1.165) is 35.5 Å². The van der Waals surface area contributed by atoms with Gasteiger partial charge in [0.05, 0.1) is 25.5 Å². The second kappa shape index (κ2) is 6.18. The number of aromatic nitrogens is 2. The molecule has 1 aliphatic heterocycles. The molecule has 1 unspecified atom stereocenters. The lowest BCUT2D eigenvalue weighted by molar-refractivity contribution is 0.167. The molecule has 0 amide bonds. The number of hydrogen-bond donors (Lipinski definition) is 1. The fraction of sp³-hybridized carbons (Fsp3) is 0.438. The molecule has 1 aromatic heterocycles. The highest BCUT2D eigenvalue weighted by Gasteiger charge is 2.15. The fourth-order valence-electron chi connectivity index (χ4n) is 2.46. The second-order valence-electron chi connectivity index (χ2n) is 5.33. The fourth-order valence-corrected chi connectivity index (χ4v) is 2.46. The molecule has 1 aliphatic rings. The zero-order chi connectivity index (χ0) is 14.7. The molecular weight excluding hydrogens is 268 g/mol. The van der Waals surface area contributed by atoms with Gasteiger partial charge in [-0.1, -0.05) is 6.07 Å². The number of hydrogen-bond acceptors (Lipinski definition) is 4. The van der Waals surface area contributed by atoms with Crippen molar-refractivity contribution in [2.45, 2.75) is 25.4 Å². The van der Waals surface area contributed by atoms with Crippen molar-refractivity contribution in [3.63, 3.8) is 0 Å². The maximum Gasteiger partial charge on any atom is 0.161 e. The summed E-state index contributed by atoms with van der Waals surface area (Å²) in [6, 6.07) is 5.67. The number of fused-ring (bicyclic) bond motifs is 1. The summed E-state index contributed by atoms with van der Waals surface area (Å²) in [6.07, 6.45) is 5.63. The van der Waals surface area contributed by atoms with Gasteiger partial charge >= 0.3 is 0 Å². The van der Waals surface area contributed by atoms with Crippen LogP contribution in [0.15, 0.2) is 30.6 Å². The molecule has 0 bridgehead atoms. The molecule has 112 valence electrons. The Morgan fingerprint density at radius 2 is 2.10 bits per heavy atom. The van der Waals surface area contributed by atoms with Gasteiger partial charge in [0, 0.05) is 19.7 Å². The van der Waals surface area contributed by atoms with Gasteiger partial charge in [0.1, 0.15) is 0 Å². The van der Waals surface area contributed by atoms with E-state index in [2.05, 4.69) is 5.10 Å². The van der Waals surface area contributed by atoms with Gasteiger partial charge in [-0.25, -0.2) is 0 Å². The van der Waals surface area contributed by atoms with Crippen molar-refractivity contribution in [3.05, 3.63) is 41.7 Å². The Bertz CT molecular complexity index is 609.